The van der Waals surface area contributed by atoms with Gasteiger partial charge in [0.05, 0.1) is 50.1 Å². The number of halogens is 3. The second-order valence-electron chi connectivity index (χ2n) is 10.9. The molecule has 0 aliphatic carbocycles. The molecule has 0 spiro atoms. The van der Waals surface area contributed by atoms with Crippen LogP contribution in [0.3, 0.4) is 0 Å². The Kier molecular flexibility index (Phi) is 13.6. The van der Waals surface area contributed by atoms with Gasteiger partial charge in [-0.3, -0.25) is 4.90 Å². The number of ether oxygens (including phenoxy) is 3. The summed E-state index contributed by atoms with van der Waals surface area (Å²) >= 11 is 10.3. The Morgan fingerprint density at radius 3 is 1.36 bits per heavy atom. The summed E-state index contributed by atoms with van der Waals surface area (Å²) in [6.45, 7) is 1.63. The van der Waals surface area contributed by atoms with Gasteiger partial charge in [0.15, 0.2) is 6.29 Å². The fraction of sp³-hybridized carbons (Fsp3) is 0.250. The molecule has 0 bridgehead atoms. The molecule has 5 aromatic rings. The molecule has 0 radical (unpaired) electrons. The molecule has 5 rings (SSSR count). The third kappa shape index (κ3) is 10.8. The summed E-state index contributed by atoms with van der Waals surface area (Å²) in [5, 5.41) is 12.2. The van der Waals surface area contributed by atoms with Gasteiger partial charge in [0.1, 0.15) is 19.3 Å². The molecule has 8 nitrogen and oxygen atoms in total. The molecule has 0 aliphatic rings. The number of aromatic nitrogens is 3. The number of hydrogen-bond acceptors (Lipinski definition) is 8. The predicted molar refractivity (Wildman–Crippen MR) is 191 cm³/mol. The Balaban J connectivity index is 1.52. The number of benzene rings is 2. The molecule has 3 aromatic heterocycles. The standard InChI is InChI=1S/C36H35Br3N4O4/c37-32-17-7-14-29(40-32)22-45-25-36(26-46-23-30-15-8-18-33(38)41-30,35(44)47-24-31-16-9-19-34(39)42-31)43(20-27-10-3-1-4-11-27)21-28-12-5-2-6-13-28/h1-19,35,44H,20-26H2. The highest BCUT2D eigenvalue weighted by Gasteiger charge is 2.46. The van der Waals surface area contributed by atoms with Gasteiger partial charge in [-0.1, -0.05) is 78.9 Å². The summed E-state index contributed by atoms with van der Waals surface area (Å²) in [6.07, 6.45) is -1.35. The molecule has 2 aromatic carbocycles. The van der Waals surface area contributed by atoms with Crippen molar-refractivity contribution >= 4 is 47.8 Å². The summed E-state index contributed by atoms with van der Waals surface area (Å²) < 4.78 is 21.2. The maximum Gasteiger partial charge on any atom is 0.178 e. The van der Waals surface area contributed by atoms with Gasteiger partial charge in [-0.15, -0.1) is 0 Å². The summed E-state index contributed by atoms with van der Waals surface area (Å²) in [7, 11) is 0. The van der Waals surface area contributed by atoms with Crippen LogP contribution < -0.4 is 0 Å². The maximum atomic E-state index is 12.2. The smallest absolute Gasteiger partial charge is 0.178 e. The fourth-order valence-corrected chi connectivity index (χ4v) is 6.22. The van der Waals surface area contributed by atoms with Crippen LogP contribution in [0.1, 0.15) is 28.2 Å². The van der Waals surface area contributed by atoms with E-state index in [1.54, 1.807) is 0 Å². The van der Waals surface area contributed by atoms with Crippen LogP contribution in [0.5, 0.6) is 0 Å². The Bertz CT molecular complexity index is 1590. The van der Waals surface area contributed by atoms with Gasteiger partial charge >= 0.3 is 0 Å². The Hall–Kier alpha value is -2.87. The topological polar surface area (TPSA) is 89.8 Å². The molecular weight excluding hydrogens is 792 g/mol. The highest BCUT2D eigenvalue weighted by molar-refractivity contribution is 9.11. The van der Waals surface area contributed by atoms with Crippen LogP contribution in [0.4, 0.5) is 0 Å². The maximum absolute atomic E-state index is 12.2. The lowest BCUT2D eigenvalue weighted by Crippen LogP contribution is -2.63. The fourth-order valence-electron chi connectivity index (χ4n) is 5.08. The van der Waals surface area contributed by atoms with Crippen LogP contribution in [0.2, 0.25) is 0 Å². The van der Waals surface area contributed by atoms with Crippen molar-refractivity contribution in [1.82, 2.24) is 19.9 Å². The highest BCUT2D eigenvalue weighted by atomic mass is 79.9. The van der Waals surface area contributed by atoms with E-state index in [0.29, 0.717) is 23.4 Å². The zero-order chi connectivity index (χ0) is 32.9. The van der Waals surface area contributed by atoms with Crippen molar-refractivity contribution in [3.63, 3.8) is 0 Å². The molecule has 0 amide bonds. The summed E-state index contributed by atoms with van der Waals surface area (Å²) in [6, 6.07) is 37.2. The van der Waals surface area contributed by atoms with E-state index in [-0.39, 0.29) is 33.0 Å². The zero-order valence-corrected chi connectivity index (χ0v) is 30.3. The molecular formula is C36H35Br3N4O4. The van der Waals surface area contributed by atoms with E-state index in [9.17, 15) is 5.11 Å². The first-order valence-corrected chi connectivity index (χ1v) is 17.4. The van der Waals surface area contributed by atoms with Crippen molar-refractivity contribution in [3.8, 4) is 0 Å². The Labute approximate surface area is 300 Å². The average Bonchev–Trinajstić information content (AvgIpc) is 3.07. The quantitative estimate of drug-likeness (QED) is 0.0749. The van der Waals surface area contributed by atoms with E-state index in [4.69, 9.17) is 14.2 Å². The number of aliphatic hydroxyl groups is 1. The third-order valence-electron chi connectivity index (χ3n) is 7.43. The molecule has 11 heteroatoms. The van der Waals surface area contributed by atoms with Crippen LogP contribution in [0, 0.1) is 0 Å². The van der Waals surface area contributed by atoms with Crippen LogP contribution in [-0.4, -0.2) is 50.0 Å². The van der Waals surface area contributed by atoms with Gasteiger partial charge in [0.2, 0.25) is 0 Å². The number of pyridine rings is 3. The second-order valence-corrected chi connectivity index (χ2v) is 13.4. The largest absolute Gasteiger partial charge is 0.373 e. The van der Waals surface area contributed by atoms with Crippen molar-refractivity contribution in [2.75, 3.05) is 13.2 Å². The molecule has 0 fully saturated rings. The van der Waals surface area contributed by atoms with E-state index >= 15 is 0 Å². The second kappa shape index (κ2) is 18.0. The summed E-state index contributed by atoms with van der Waals surface area (Å²) in [4.78, 5) is 15.8. The van der Waals surface area contributed by atoms with Gasteiger partial charge in [-0.05, 0) is 95.3 Å². The number of nitrogens with zero attached hydrogens (tertiary/aromatic N) is 4. The number of aliphatic hydroxyl groups excluding tert-OH is 1. The minimum atomic E-state index is -1.35. The van der Waals surface area contributed by atoms with Crippen molar-refractivity contribution in [1.29, 1.82) is 0 Å². The molecule has 3 heterocycles. The zero-order valence-electron chi connectivity index (χ0n) is 25.6. The van der Waals surface area contributed by atoms with E-state index in [1.807, 2.05) is 91.0 Å². The molecule has 244 valence electrons. The molecule has 0 aliphatic heterocycles. The van der Waals surface area contributed by atoms with E-state index < -0.39 is 11.8 Å². The van der Waals surface area contributed by atoms with Gasteiger partial charge in [-0.25, -0.2) is 15.0 Å². The Morgan fingerprint density at radius 2 is 0.957 bits per heavy atom. The van der Waals surface area contributed by atoms with Gasteiger partial charge in [0, 0.05) is 13.1 Å². The summed E-state index contributed by atoms with van der Waals surface area (Å²) in [5.74, 6) is 0. The normalized spacial score (nSPS) is 12.4. The van der Waals surface area contributed by atoms with E-state index in [0.717, 1.165) is 31.7 Å². The first-order valence-electron chi connectivity index (χ1n) is 15.0. The van der Waals surface area contributed by atoms with Crippen molar-refractivity contribution in [2.45, 2.75) is 44.7 Å². The first kappa shape index (κ1) is 35.4. The molecule has 1 unspecified atom stereocenters. The van der Waals surface area contributed by atoms with Crippen LogP contribution >= 0.6 is 47.8 Å². The first-order chi connectivity index (χ1) is 22.9. The van der Waals surface area contributed by atoms with E-state index in [2.05, 4.69) is 91.9 Å². The highest BCUT2D eigenvalue weighted by Crippen LogP contribution is 2.29. The van der Waals surface area contributed by atoms with E-state index in [1.165, 1.54) is 0 Å². The molecule has 47 heavy (non-hydrogen) atoms. The minimum absolute atomic E-state index is 0.0693. The lowest BCUT2D eigenvalue weighted by atomic mass is 9.95. The van der Waals surface area contributed by atoms with Crippen LogP contribution in [-0.2, 0) is 47.1 Å². The van der Waals surface area contributed by atoms with Gasteiger partial charge in [0.25, 0.3) is 0 Å². The lowest BCUT2D eigenvalue weighted by Gasteiger charge is -2.46. The molecule has 1 N–H and O–H groups in total. The van der Waals surface area contributed by atoms with Crippen molar-refractivity contribution < 1.29 is 19.3 Å². The van der Waals surface area contributed by atoms with Crippen LogP contribution in [0.25, 0.3) is 0 Å². The van der Waals surface area contributed by atoms with Gasteiger partial charge < -0.3 is 19.3 Å². The monoisotopic (exact) mass is 824 g/mol. The van der Waals surface area contributed by atoms with Gasteiger partial charge in [-0.2, -0.15) is 0 Å². The molecule has 0 saturated heterocycles. The molecule has 0 saturated carbocycles. The van der Waals surface area contributed by atoms with Crippen molar-refractivity contribution in [2.24, 2.45) is 0 Å². The Morgan fingerprint density at radius 1 is 0.553 bits per heavy atom. The minimum Gasteiger partial charge on any atom is -0.373 e. The van der Waals surface area contributed by atoms with Crippen LogP contribution in [0.15, 0.2) is 129 Å². The average molecular weight is 827 g/mol. The third-order valence-corrected chi connectivity index (χ3v) is 8.76. The summed E-state index contributed by atoms with van der Waals surface area (Å²) in [5.41, 5.74) is 3.11. The predicted octanol–water partition coefficient (Wildman–Crippen LogP) is 7.87. The molecule has 1 atom stereocenters. The number of rotatable bonds is 17. The SMILES string of the molecule is OC(OCc1cccc(Br)n1)C(COCc1cccc(Br)n1)(COCc1cccc(Br)n1)N(Cc1ccccc1)Cc1ccccc1. The lowest BCUT2D eigenvalue weighted by molar-refractivity contribution is -0.232. The van der Waals surface area contributed by atoms with Crippen molar-refractivity contribution in [3.05, 3.63) is 157 Å². The number of hydrogen-bond donors (Lipinski definition) is 1.